The number of amides is 1. The van der Waals surface area contributed by atoms with Gasteiger partial charge in [0.05, 0.1) is 18.4 Å². The first-order valence-electron chi connectivity index (χ1n) is 9.24. The molecular weight excluding hydrogens is 392 g/mol. The normalized spacial score (nSPS) is 13.1. The van der Waals surface area contributed by atoms with Crippen molar-refractivity contribution in [2.24, 2.45) is 0 Å². The summed E-state index contributed by atoms with van der Waals surface area (Å²) in [6.45, 7) is 1.58. The highest BCUT2D eigenvalue weighted by Gasteiger charge is 2.20. The molecule has 1 amide bonds. The van der Waals surface area contributed by atoms with E-state index < -0.39 is 18.0 Å². The van der Waals surface area contributed by atoms with E-state index in [0.29, 0.717) is 28.1 Å². The Labute approximate surface area is 170 Å². The fourth-order valence-electron chi connectivity index (χ4n) is 2.89. The second-order valence-electron chi connectivity index (χ2n) is 6.57. The first kappa shape index (κ1) is 19.4. The molecule has 4 rings (SSSR count). The number of ether oxygens (including phenoxy) is 3. The molecular formula is C20H18N4O6. The lowest BCUT2D eigenvalue weighted by Crippen LogP contribution is -2.31. The molecule has 1 atom stereocenters. The Kier molecular flexibility index (Phi) is 5.29. The first-order valence-corrected chi connectivity index (χ1v) is 9.24. The summed E-state index contributed by atoms with van der Waals surface area (Å²) in [5.41, 5.74) is 0.627. The Bertz CT molecular complexity index is 1180. The van der Waals surface area contributed by atoms with E-state index in [0.717, 1.165) is 4.68 Å². The summed E-state index contributed by atoms with van der Waals surface area (Å²) in [6, 6.07) is 11.8. The number of hydrogen-bond donors (Lipinski definition) is 1. The van der Waals surface area contributed by atoms with Crippen LogP contribution in [0, 0.1) is 0 Å². The predicted octanol–water partition coefficient (Wildman–Crippen LogP) is 1.48. The molecule has 154 valence electrons. The number of rotatable bonds is 6. The standard InChI is InChI=1S/C20H18N4O6/c1-12(19(26)21-13-6-7-16-17(10-13)29-11-28-16)30-18(25)8-9-24-20(27)14-4-2-3-5-15(14)22-23-24/h2-7,10,12H,8-9,11H2,1H3,(H,21,26). The van der Waals surface area contributed by atoms with E-state index in [1.807, 2.05) is 0 Å². The molecule has 1 aliphatic heterocycles. The zero-order valence-corrected chi connectivity index (χ0v) is 16.0. The first-order chi connectivity index (χ1) is 14.5. The monoisotopic (exact) mass is 410 g/mol. The SMILES string of the molecule is CC(OC(=O)CCn1nnc2ccccc2c1=O)C(=O)Nc1ccc2c(c1)OCO2. The van der Waals surface area contributed by atoms with Crippen LogP contribution in [0.1, 0.15) is 13.3 Å². The number of carbonyl (C=O) groups is 2. The quantitative estimate of drug-likeness (QED) is 0.607. The van der Waals surface area contributed by atoms with Crippen LogP contribution in [-0.4, -0.2) is 39.8 Å². The van der Waals surface area contributed by atoms with Gasteiger partial charge in [0.1, 0.15) is 5.52 Å². The number of nitrogens with one attached hydrogen (secondary N) is 1. The van der Waals surface area contributed by atoms with Gasteiger partial charge in [0.25, 0.3) is 11.5 Å². The number of fused-ring (bicyclic) bond motifs is 2. The van der Waals surface area contributed by atoms with Crippen molar-refractivity contribution < 1.29 is 23.8 Å². The van der Waals surface area contributed by atoms with Gasteiger partial charge in [-0.05, 0) is 31.2 Å². The van der Waals surface area contributed by atoms with Crippen molar-refractivity contribution in [3.05, 3.63) is 52.8 Å². The topological polar surface area (TPSA) is 122 Å². The Hall–Kier alpha value is -3.95. The molecule has 3 aromatic rings. The van der Waals surface area contributed by atoms with Crippen LogP contribution in [0.15, 0.2) is 47.3 Å². The van der Waals surface area contributed by atoms with E-state index in [9.17, 15) is 14.4 Å². The zero-order valence-electron chi connectivity index (χ0n) is 16.0. The van der Waals surface area contributed by atoms with Crippen LogP contribution in [0.3, 0.4) is 0 Å². The number of anilines is 1. The molecule has 2 aromatic carbocycles. The molecule has 0 saturated heterocycles. The molecule has 0 fully saturated rings. The van der Waals surface area contributed by atoms with Gasteiger partial charge in [-0.25, -0.2) is 4.68 Å². The number of aromatic nitrogens is 3. The van der Waals surface area contributed by atoms with E-state index in [1.54, 1.807) is 42.5 Å². The Balaban J connectivity index is 1.32. The summed E-state index contributed by atoms with van der Waals surface area (Å²) in [5, 5.41) is 10.8. The van der Waals surface area contributed by atoms with Gasteiger partial charge in [-0.2, -0.15) is 0 Å². The number of carbonyl (C=O) groups excluding carboxylic acids is 2. The lowest BCUT2D eigenvalue weighted by Gasteiger charge is -2.14. The summed E-state index contributed by atoms with van der Waals surface area (Å²) in [7, 11) is 0. The average molecular weight is 410 g/mol. The van der Waals surface area contributed by atoms with E-state index in [1.165, 1.54) is 6.92 Å². The molecule has 10 nitrogen and oxygen atoms in total. The summed E-state index contributed by atoms with van der Waals surface area (Å²) in [5.74, 6) is -0.00559. The van der Waals surface area contributed by atoms with Gasteiger partial charge in [-0.3, -0.25) is 14.4 Å². The maximum absolute atomic E-state index is 12.4. The summed E-state index contributed by atoms with van der Waals surface area (Å²) in [4.78, 5) is 36.8. The van der Waals surface area contributed by atoms with Crippen molar-refractivity contribution in [2.45, 2.75) is 26.0 Å². The van der Waals surface area contributed by atoms with Crippen LogP contribution in [-0.2, 0) is 20.9 Å². The van der Waals surface area contributed by atoms with Gasteiger partial charge in [0, 0.05) is 11.8 Å². The molecule has 0 radical (unpaired) electrons. The summed E-state index contributed by atoms with van der Waals surface area (Å²) >= 11 is 0. The second-order valence-corrected chi connectivity index (χ2v) is 6.57. The highest BCUT2D eigenvalue weighted by Crippen LogP contribution is 2.34. The molecule has 1 unspecified atom stereocenters. The minimum absolute atomic E-state index is 0.00794. The molecule has 1 N–H and O–H groups in total. The van der Waals surface area contributed by atoms with Gasteiger partial charge in [0.15, 0.2) is 17.6 Å². The number of hydrogen-bond acceptors (Lipinski definition) is 8. The Morgan fingerprint density at radius 2 is 2.00 bits per heavy atom. The molecule has 0 aliphatic carbocycles. The summed E-state index contributed by atoms with van der Waals surface area (Å²) < 4.78 is 16.7. The third-order valence-corrected chi connectivity index (χ3v) is 4.47. The zero-order chi connectivity index (χ0) is 21.1. The number of aryl methyl sites for hydroxylation is 1. The summed E-state index contributed by atoms with van der Waals surface area (Å²) in [6.07, 6.45) is -1.16. The number of benzene rings is 2. The smallest absolute Gasteiger partial charge is 0.308 e. The van der Waals surface area contributed by atoms with Gasteiger partial charge < -0.3 is 19.5 Å². The van der Waals surface area contributed by atoms with Crippen molar-refractivity contribution in [1.82, 2.24) is 15.0 Å². The Morgan fingerprint density at radius 3 is 2.87 bits per heavy atom. The largest absolute Gasteiger partial charge is 0.454 e. The fraction of sp³-hybridized carbons (Fsp3) is 0.250. The van der Waals surface area contributed by atoms with Crippen molar-refractivity contribution in [2.75, 3.05) is 12.1 Å². The van der Waals surface area contributed by atoms with Crippen LogP contribution in [0.4, 0.5) is 5.69 Å². The lowest BCUT2D eigenvalue weighted by molar-refractivity contribution is -0.153. The third kappa shape index (κ3) is 4.07. The van der Waals surface area contributed by atoms with Crippen molar-refractivity contribution in [3.8, 4) is 11.5 Å². The molecule has 0 spiro atoms. The number of esters is 1. The van der Waals surface area contributed by atoms with Crippen LogP contribution < -0.4 is 20.3 Å². The minimum atomic E-state index is -1.03. The average Bonchev–Trinajstić information content (AvgIpc) is 3.21. The van der Waals surface area contributed by atoms with Crippen LogP contribution >= 0.6 is 0 Å². The fourth-order valence-corrected chi connectivity index (χ4v) is 2.89. The highest BCUT2D eigenvalue weighted by molar-refractivity contribution is 5.95. The minimum Gasteiger partial charge on any atom is -0.454 e. The van der Waals surface area contributed by atoms with Gasteiger partial charge in [-0.1, -0.05) is 17.3 Å². The second kappa shape index (κ2) is 8.19. The molecule has 1 aliphatic rings. The third-order valence-electron chi connectivity index (χ3n) is 4.47. The van der Waals surface area contributed by atoms with Crippen molar-refractivity contribution in [1.29, 1.82) is 0 Å². The van der Waals surface area contributed by atoms with Crippen molar-refractivity contribution in [3.63, 3.8) is 0 Å². The van der Waals surface area contributed by atoms with Gasteiger partial charge >= 0.3 is 5.97 Å². The van der Waals surface area contributed by atoms with Crippen LogP contribution in [0.2, 0.25) is 0 Å². The van der Waals surface area contributed by atoms with Crippen LogP contribution in [0.25, 0.3) is 10.9 Å². The molecule has 0 saturated carbocycles. The maximum Gasteiger partial charge on any atom is 0.308 e. The van der Waals surface area contributed by atoms with Gasteiger partial charge in [0.2, 0.25) is 6.79 Å². The van der Waals surface area contributed by atoms with E-state index >= 15 is 0 Å². The maximum atomic E-state index is 12.4. The van der Waals surface area contributed by atoms with E-state index in [4.69, 9.17) is 14.2 Å². The molecule has 1 aromatic heterocycles. The number of nitrogens with zero attached hydrogens (tertiary/aromatic N) is 3. The predicted molar refractivity (Wildman–Crippen MR) is 105 cm³/mol. The Morgan fingerprint density at radius 1 is 1.20 bits per heavy atom. The molecule has 2 heterocycles. The van der Waals surface area contributed by atoms with E-state index in [-0.39, 0.29) is 25.3 Å². The van der Waals surface area contributed by atoms with E-state index in [2.05, 4.69) is 15.6 Å². The molecule has 0 bridgehead atoms. The van der Waals surface area contributed by atoms with Crippen molar-refractivity contribution >= 4 is 28.5 Å². The van der Waals surface area contributed by atoms with Gasteiger partial charge in [-0.15, -0.1) is 5.10 Å². The van der Waals surface area contributed by atoms with Crippen LogP contribution in [0.5, 0.6) is 11.5 Å². The lowest BCUT2D eigenvalue weighted by atomic mass is 10.2. The molecule has 10 heteroatoms. The highest BCUT2D eigenvalue weighted by atomic mass is 16.7. The molecule has 30 heavy (non-hydrogen) atoms.